The van der Waals surface area contributed by atoms with E-state index in [4.69, 9.17) is 4.42 Å². The van der Waals surface area contributed by atoms with E-state index >= 15 is 0 Å². The van der Waals surface area contributed by atoms with Crippen LogP contribution >= 0.6 is 0 Å². The Morgan fingerprint density at radius 1 is 1.27 bits per heavy atom. The number of amides is 1. The largest absolute Gasteiger partial charge is 0.463 e. The van der Waals surface area contributed by atoms with E-state index < -0.39 is 0 Å². The normalized spacial score (nSPS) is 15.5. The molecule has 1 amide bonds. The first-order valence-corrected chi connectivity index (χ1v) is 7.31. The number of nitrogens with zero attached hydrogens (tertiary/aromatic N) is 4. The zero-order valence-corrected chi connectivity index (χ0v) is 12.5. The maximum absolute atomic E-state index is 11.8. The van der Waals surface area contributed by atoms with Crippen LogP contribution in [-0.4, -0.2) is 47.0 Å². The Bertz CT molecular complexity index is 659. The van der Waals surface area contributed by atoms with Crippen molar-refractivity contribution >= 4 is 11.9 Å². The molecule has 22 heavy (non-hydrogen) atoms. The van der Waals surface area contributed by atoms with E-state index in [1.165, 1.54) is 0 Å². The number of piperazine rings is 1. The minimum Gasteiger partial charge on any atom is -0.463 e. The fourth-order valence-electron chi connectivity index (χ4n) is 2.44. The van der Waals surface area contributed by atoms with Crippen molar-refractivity contribution in [3.05, 3.63) is 42.8 Å². The average molecular weight is 298 g/mol. The minimum atomic E-state index is 0.0624. The van der Waals surface area contributed by atoms with E-state index in [-0.39, 0.29) is 5.91 Å². The Hall–Kier alpha value is -2.63. The van der Waals surface area contributed by atoms with Crippen molar-refractivity contribution in [2.45, 2.75) is 6.92 Å². The van der Waals surface area contributed by atoms with Gasteiger partial charge in [-0.2, -0.15) is 0 Å². The Morgan fingerprint density at radius 3 is 2.77 bits per heavy atom. The molecule has 1 fully saturated rings. The summed E-state index contributed by atoms with van der Waals surface area (Å²) in [6.07, 6.45) is 6.73. The summed E-state index contributed by atoms with van der Waals surface area (Å²) in [6, 6.07) is 5.54. The quantitative estimate of drug-likeness (QED) is 0.811. The van der Waals surface area contributed by atoms with E-state index in [0.29, 0.717) is 19.0 Å². The molecule has 0 radical (unpaired) electrons. The third-order valence-corrected chi connectivity index (χ3v) is 3.60. The van der Waals surface area contributed by atoms with E-state index in [1.807, 2.05) is 30.0 Å². The number of carbonyl (C=O) groups excluding carboxylic acids is 1. The van der Waals surface area contributed by atoms with Crippen molar-refractivity contribution in [1.82, 2.24) is 14.9 Å². The van der Waals surface area contributed by atoms with E-state index in [0.717, 1.165) is 24.5 Å². The van der Waals surface area contributed by atoms with Crippen molar-refractivity contribution in [2.24, 2.45) is 0 Å². The molecule has 1 aliphatic rings. The van der Waals surface area contributed by atoms with Crippen LogP contribution in [0.2, 0.25) is 0 Å². The second-order valence-electron chi connectivity index (χ2n) is 5.03. The van der Waals surface area contributed by atoms with Gasteiger partial charge in [0, 0.05) is 32.4 Å². The summed E-state index contributed by atoms with van der Waals surface area (Å²) >= 11 is 0. The summed E-state index contributed by atoms with van der Waals surface area (Å²) < 4.78 is 5.37. The van der Waals surface area contributed by atoms with Gasteiger partial charge in [-0.05, 0) is 31.2 Å². The first kappa shape index (κ1) is 14.3. The van der Waals surface area contributed by atoms with Crippen molar-refractivity contribution in [1.29, 1.82) is 0 Å². The number of rotatable bonds is 3. The number of allylic oxidation sites excluding steroid dienone is 1. The highest BCUT2D eigenvalue weighted by Gasteiger charge is 2.21. The molecule has 2 aromatic heterocycles. The molecule has 6 heteroatoms. The highest BCUT2D eigenvalue weighted by atomic mass is 16.3. The van der Waals surface area contributed by atoms with Gasteiger partial charge in [-0.3, -0.25) is 4.79 Å². The molecule has 3 heterocycles. The van der Waals surface area contributed by atoms with Crippen molar-refractivity contribution < 1.29 is 9.21 Å². The lowest BCUT2D eigenvalue weighted by Gasteiger charge is -2.34. The van der Waals surface area contributed by atoms with Crippen LogP contribution in [0.4, 0.5) is 5.95 Å². The van der Waals surface area contributed by atoms with E-state index in [2.05, 4.69) is 14.9 Å². The number of hydrogen-bond acceptors (Lipinski definition) is 5. The molecular weight excluding hydrogens is 280 g/mol. The SMILES string of the molecule is C/C=C/C(=O)N1CCN(c2nccc(-c3ccco3)n2)CC1. The zero-order chi connectivity index (χ0) is 15.4. The Morgan fingerprint density at radius 2 is 2.09 bits per heavy atom. The number of furan rings is 1. The summed E-state index contributed by atoms with van der Waals surface area (Å²) in [6.45, 7) is 4.66. The van der Waals surface area contributed by atoms with Gasteiger partial charge < -0.3 is 14.2 Å². The summed E-state index contributed by atoms with van der Waals surface area (Å²) in [7, 11) is 0. The molecule has 114 valence electrons. The van der Waals surface area contributed by atoms with Crippen molar-refractivity contribution in [2.75, 3.05) is 31.1 Å². The topological polar surface area (TPSA) is 62.5 Å². The molecule has 1 saturated heterocycles. The lowest BCUT2D eigenvalue weighted by Crippen LogP contribution is -2.48. The first-order valence-electron chi connectivity index (χ1n) is 7.31. The molecule has 0 atom stereocenters. The van der Waals surface area contributed by atoms with Gasteiger partial charge in [0.1, 0.15) is 5.69 Å². The molecule has 0 saturated carbocycles. The lowest BCUT2D eigenvalue weighted by atomic mass is 10.3. The molecule has 1 aliphatic heterocycles. The Balaban J connectivity index is 1.69. The molecule has 3 rings (SSSR count). The van der Waals surface area contributed by atoms with Crippen LogP contribution in [-0.2, 0) is 4.79 Å². The lowest BCUT2D eigenvalue weighted by molar-refractivity contribution is -0.126. The minimum absolute atomic E-state index is 0.0624. The predicted molar refractivity (Wildman–Crippen MR) is 83.3 cm³/mol. The van der Waals surface area contributed by atoms with Gasteiger partial charge in [-0.25, -0.2) is 9.97 Å². The van der Waals surface area contributed by atoms with Crippen LogP contribution in [0.25, 0.3) is 11.5 Å². The van der Waals surface area contributed by atoms with Gasteiger partial charge in [0.05, 0.1) is 6.26 Å². The maximum Gasteiger partial charge on any atom is 0.246 e. The van der Waals surface area contributed by atoms with Crippen LogP contribution in [0.5, 0.6) is 0 Å². The van der Waals surface area contributed by atoms with Crippen LogP contribution in [0.15, 0.2) is 47.2 Å². The molecule has 0 N–H and O–H groups in total. The molecule has 6 nitrogen and oxygen atoms in total. The molecule has 0 bridgehead atoms. The van der Waals surface area contributed by atoms with Gasteiger partial charge in [0.25, 0.3) is 0 Å². The summed E-state index contributed by atoms with van der Waals surface area (Å²) in [5.41, 5.74) is 0.766. The Kier molecular flexibility index (Phi) is 4.18. The third kappa shape index (κ3) is 3.00. The molecule has 0 aliphatic carbocycles. The van der Waals surface area contributed by atoms with Crippen molar-refractivity contribution in [3.8, 4) is 11.5 Å². The number of hydrogen-bond donors (Lipinski definition) is 0. The maximum atomic E-state index is 11.8. The summed E-state index contributed by atoms with van der Waals surface area (Å²) in [5, 5.41) is 0. The fraction of sp³-hybridized carbons (Fsp3) is 0.312. The second-order valence-corrected chi connectivity index (χ2v) is 5.03. The highest BCUT2D eigenvalue weighted by molar-refractivity contribution is 5.87. The van der Waals surface area contributed by atoms with Crippen LogP contribution < -0.4 is 4.90 Å². The third-order valence-electron chi connectivity index (χ3n) is 3.60. The van der Waals surface area contributed by atoms with E-state index in [9.17, 15) is 4.79 Å². The zero-order valence-electron chi connectivity index (χ0n) is 12.5. The van der Waals surface area contributed by atoms with Crippen LogP contribution in [0, 0.1) is 0 Å². The molecule has 2 aromatic rings. The monoisotopic (exact) mass is 298 g/mol. The molecular formula is C16H18N4O2. The van der Waals surface area contributed by atoms with Gasteiger partial charge in [0.15, 0.2) is 5.76 Å². The number of carbonyl (C=O) groups is 1. The molecule has 0 aromatic carbocycles. The van der Waals surface area contributed by atoms with Crippen molar-refractivity contribution in [3.63, 3.8) is 0 Å². The van der Waals surface area contributed by atoms with E-state index in [1.54, 1.807) is 24.6 Å². The Labute approximate surface area is 129 Å². The fourth-order valence-corrected chi connectivity index (χ4v) is 2.44. The second kappa shape index (κ2) is 6.43. The van der Waals surface area contributed by atoms with Gasteiger partial charge in [-0.15, -0.1) is 0 Å². The van der Waals surface area contributed by atoms with Crippen LogP contribution in [0.3, 0.4) is 0 Å². The summed E-state index contributed by atoms with van der Waals surface area (Å²) in [4.78, 5) is 24.6. The van der Waals surface area contributed by atoms with Gasteiger partial charge >= 0.3 is 0 Å². The summed E-state index contributed by atoms with van der Waals surface area (Å²) in [5.74, 6) is 1.46. The highest BCUT2D eigenvalue weighted by Crippen LogP contribution is 2.20. The standard InChI is InChI=1S/C16H18N4O2/c1-2-4-15(21)19-8-10-20(11-9-19)16-17-7-6-13(18-16)14-5-3-12-22-14/h2-7,12H,8-11H2,1H3/b4-2+. The first-order chi connectivity index (χ1) is 10.8. The smallest absolute Gasteiger partial charge is 0.246 e. The number of aromatic nitrogens is 2. The number of anilines is 1. The molecule has 0 spiro atoms. The van der Waals surface area contributed by atoms with Gasteiger partial charge in [-0.1, -0.05) is 6.08 Å². The van der Waals surface area contributed by atoms with Gasteiger partial charge in [0.2, 0.25) is 11.9 Å². The average Bonchev–Trinajstić information content (AvgIpc) is 3.10. The predicted octanol–water partition coefficient (Wildman–Crippen LogP) is 1.96. The molecule has 0 unspecified atom stereocenters. The van der Waals surface area contributed by atoms with Crippen LogP contribution in [0.1, 0.15) is 6.92 Å².